The first-order valence-electron chi connectivity index (χ1n) is 13.9. The van der Waals surface area contributed by atoms with Gasteiger partial charge in [0.1, 0.15) is 11.6 Å². The third-order valence-corrected chi connectivity index (χ3v) is 8.33. The summed E-state index contributed by atoms with van der Waals surface area (Å²) in [7, 11) is 0. The van der Waals surface area contributed by atoms with E-state index in [0.29, 0.717) is 66.3 Å². The van der Waals surface area contributed by atoms with Gasteiger partial charge in [-0.15, -0.1) is 4.95 Å². The standard InChI is InChI=1S/C36H14F8N4/c1-46-48-34-26-11-18(20-5-9-30(32(38)13-20)36(42,43)44)3-7-22(26)24-14-27-23(15-28(24)34)21-6-2-17(10-25(21)33(27)47-16-45)19-4-8-29(31(37)12-19)35(39,40)41/h2-15H/b47-33+,48-34+. The molecule has 0 N–H and O–H groups in total. The molecule has 7 rings (SSSR count). The second-order valence-electron chi connectivity index (χ2n) is 11.0. The topological polar surface area (TPSA) is 52.9 Å². The Morgan fingerprint density at radius 1 is 0.521 bits per heavy atom. The maximum atomic E-state index is 14.4. The quantitative estimate of drug-likeness (QED) is 0.0793. The van der Waals surface area contributed by atoms with Gasteiger partial charge in [-0.1, -0.05) is 36.4 Å². The molecule has 0 bridgehead atoms. The maximum absolute atomic E-state index is 14.4. The molecule has 0 saturated carbocycles. The highest BCUT2D eigenvalue weighted by Crippen LogP contribution is 2.38. The number of benzene rings is 5. The minimum atomic E-state index is -4.86. The predicted molar refractivity (Wildman–Crippen MR) is 163 cm³/mol. The van der Waals surface area contributed by atoms with Crippen LogP contribution in [0.2, 0.25) is 0 Å². The number of halogens is 8. The molecule has 0 aromatic heterocycles. The molecule has 0 amide bonds. The monoisotopic (exact) mass is 654 g/mol. The van der Waals surface area contributed by atoms with Gasteiger partial charge in [0.2, 0.25) is 6.19 Å². The zero-order chi connectivity index (χ0) is 34.1. The van der Waals surface area contributed by atoms with Crippen molar-refractivity contribution in [2.45, 2.75) is 12.4 Å². The lowest BCUT2D eigenvalue weighted by Crippen LogP contribution is -2.07. The minimum absolute atomic E-state index is 0.183. The van der Waals surface area contributed by atoms with Crippen molar-refractivity contribution >= 4 is 43.1 Å². The Kier molecular flexibility index (Phi) is 6.81. The van der Waals surface area contributed by atoms with E-state index >= 15 is 0 Å². The van der Waals surface area contributed by atoms with Gasteiger partial charge in [-0.05, 0) is 92.3 Å². The van der Waals surface area contributed by atoms with E-state index in [1.807, 2.05) is 0 Å². The Hall–Kier alpha value is -6.14. The molecule has 0 spiro atoms. The average molecular weight is 655 g/mol. The molecule has 0 unspecified atom stereocenters. The maximum Gasteiger partial charge on any atom is 0.419 e. The third kappa shape index (κ3) is 4.81. The Balaban J connectivity index is 1.45. The molecule has 0 atom stereocenters. The molecule has 0 saturated heterocycles. The number of alkyl halides is 6. The number of hydrogen-bond acceptors (Lipinski definition) is 3. The lowest BCUT2D eigenvalue weighted by Gasteiger charge is -2.09. The zero-order valence-corrected chi connectivity index (χ0v) is 23.9. The molecule has 234 valence electrons. The van der Waals surface area contributed by atoms with Crippen molar-refractivity contribution in [1.29, 1.82) is 5.26 Å². The third-order valence-electron chi connectivity index (χ3n) is 8.33. The highest BCUT2D eigenvalue weighted by molar-refractivity contribution is 6.21. The Labute approximate surface area is 264 Å². The molecule has 0 aliphatic rings. The summed E-state index contributed by atoms with van der Waals surface area (Å²) in [6, 6.07) is 18.5. The highest BCUT2D eigenvalue weighted by Gasteiger charge is 2.35. The Bertz CT molecular complexity index is 2510. The SMILES string of the molecule is [C-]#[N+]/N=c1\c2cc(-c3ccc(C(F)(F)F)c(F)c3)ccc2c2cc3/c(=N/C#N)c4cc(-c5ccc(C(F)(F)F)c(F)c5)ccc4c3cc12. The Morgan fingerprint density at radius 3 is 1.33 bits per heavy atom. The van der Waals surface area contributed by atoms with E-state index in [1.165, 1.54) is 0 Å². The van der Waals surface area contributed by atoms with Crippen molar-refractivity contribution < 1.29 is 35.1 Å². The van der Waals surface area contributed by atoms with Gasteiger partial charge in [0.25, 0.3) is 0 Å². The molecule has 48 heavy (non-hydrogen) atoms. The summed E-state index contributed by atoms with van der Waals surface area (Å²) >= 11 is 0. The fourth-order valence-corrected chi connectivity index (χ4v) is 6.21. The largest absolute Gasteiger partial charge is 0.419 e. The van der Waals surface area contributed by atoms with Crippen LogP contribution in [0.5, 0.6) is 0 Å². The van der Waals surface area contributed by atoms with E-state index in [-0.39, 0.29) is 21.8 Å². The van der Waals surface area contributed by atoms with Gasteiger partial charge < -0.3 is 0 Å². The molecule has 7 aromatic rings. The minimum Gasteiger partial charge on any atom is -0.206 e. The highest BCUT2D eigenvalue weighted by atomic mass is 19.4. The Morgan fingerprint density at radius 2 is 0.917 bits per heavy atom. The van der Waals surface area contributed by atoms with E-state index in [1.54, 1.807) is 54.7 Å². The number of nitriles is 1. The number of nitrogens with zero attached hydrogens (tertiary/aromatic N) is 4. The van der Waals surface area contributed by atoms with Gasteiger partial charge in [0, 0.05) is 21.5 Å². The second kappa shape index (κ2) is 10.7. The summed E-state index contributed by atoms with van der Waals surface area (Å²) in [5.41, 5.74) is -1.63. The van der Waals surface area contributed by atoms with Crippen molar-refractivity contribution in [1.82, 2.24) is 0 Å². The van der Waals surface area contributed by atoms with E-state index < -0.39 is 35.1 Å². The van der Waals surface area contributed by atoms with Crippen LogP contribution >= 0.6 is 0 Å². The smallest absolute Gasteiger partial charge is 0.206 e. The van der Waals surface area contributed by atoms with E-state index in [4.69, 9.17) is 6.57 Å². The summed E-state index contributed by atoms with van der Waals surface area (Å²) in [5, 5.41) is 18.7. The van der Waals surface area contributed by atoms with Gasteiger partial charge in [-0.25, -0.2) is 8.78 Å². The molecule has 0 aliphatic heterocycles. The summed E-state index contributed by atoms with van der Waals surface area (Å²) in [4.78, 5) is 7.24. The first kappa shape index (κ1) is 30.5. The van der Waals surface area contributed by atoms with Crippen LogP contribution in [0.4, 0.5) is 35.1 Å². The number of rotatable bonds is 2. The summed E-state index contributed by atoms with van der Waals surface area (Å²) in [5.74, 6) is -2.85. The van der Waals surface area contributed by atoms with Crippen LogP contribution in [0.15, 0.2) is 95.0 Å². The van der Waals surface area contributed by atoms with Crippen LogP contribution in [-0.4, -0.2) is 0 Å². The first-order valence-corrected chi connectivity index (χ1v) is 13.9. The molecule has 0 fully saturated rings. The number of fused-ring (bicyclic) bond motifs is 6. The second-order valence-corrected chi connectivity index (χ2v) is 11.0. The molecule has 0 aliphatic carbocycles. The van der Waals surface area contributed by atoms with Crippen LogP contribution in [0.25, 0.3) is 70.3 Å². The molecule has 12 heteroatoms. The van der Waals surface area contributed by atoms with E-state index in [2.05, 4.69) is 15.0 Å². The molecule has 7 aromatic carbocycles. The molecular formula is C36H14F8N4. The van der Waals surface area contributed by atoms with Gasteiger partial charge in [-0.3, -0.25) is 0 Å². The van der Waals surface area contributed by atoms with Gasteiger partial charge in [0.15, 0.2) is 5.36 Å². The fraction of sp³-hybridized carbons (Fsp3) is 0.0556. The van der Waals surface area contributed by atoms with Gasteiger partial charge in [0.05, 0.1) is 21.6 Å². The van der Waals surface area contributed by atoms with Crippen LogP contribution in [-0.2, 0) is 12.4 Å². The molecule has 0 radical (unpaired) electrons. The van der Waals surface area contributed by atoms with E-state index in [0.717, 1.165) is 24.3 Å². The lowest BCUT2D eigenvalue weighted by atomic mass is 10.0. The van der Waals surface area contributed by atoms with E-state index in [9.17, 15) is 40.4 Å². The fourth-order valence-electron chi connectivity index (χ4n) is 6.21. The molecule has 0 heterocycles. The van der Waals surface area contributed by atoms with Gasteiger partial charge in [-0.2, -0.15) is 43.2 Å². The van der Waals surface area contributed by atoms with Crippen LogP contribution < -0.4 is 10.7 Å². The van der Waals surface area contributed by atoms with Crippen molar-refractivity contribution in [3.63, 3.8) is 0 Å². The zero-order valence-electron chi connectivity index (χ0n) is 23.9. The average Bonchev–Trinajstić information content (AvgIpc) is 3.49. The first-order chi connectivity index (χ1) is 22.8. The summed E-state index contributed by atoms with van der Waals surface area (Å²) in [6.45, 7) is 7.44. The summed E-state index contributed by atoms with van der Waals surface area (Å²) < 4.78 is 108. The number of hydrogen-bond donors (Lipinski definition) is 0. The van der Waals surface area contributed by atoms with Crippen LogP contribution in [0.1, 0.15) is 11.1 Å². The van der Waals surface area contributed by atoms with Crippen LogP contribution in [0.3, 0.4) is 0 Å². The van der Waals surface area contributed by atoms with Crippen molar-refractivity contribution in [3.8, 4) is 28.4 Å². The van der Waals surface area contributed by atoms with Crippen molar-refractivity contribution in [3.05, 3.63) is 130 Å². The molecular weight excluding hydrogens is 640 g/mol. The van der Waals surface area contributed by atoms with Crippen LogP contribution in [0, 0.1) is 29.7 Å². The van der Waals surface area contributed by atoms with Crippen molar-refractivity contribution in [2.24, 2.45) is 10.1 Å². The summed E-state index contributed by atoms with van der Waals surface area (Å²) in [6.07, 6.45) is -7.93. The van der Waals surface area contributed by atoms with Gasteiger partial charge >= 0.3 is 12.4 Å². The molecule has 4 nitrogen and oxygen atoms in total. The predicted octanol–water partition coefficient (Wildman–Crippen LogP) is 9.94. The van der Waals surface area contributed by atoms with Crippen molar-refractivity contribution in [2.75, 3.05) is 0 Å². The lowest BCUT2D eigenvalue weighted by molar-refractivity contribution is -0.140. The normalized spacial score (nSPS) is 13.2.